The van der Waals surface area contributed by atoms with E-state index >= 15 is 0 Å². The fourth-order valence-electron chi connectivity index (χ4n) is 3.63. The van der Waals surface area contributed by atoms with Crippen LogP contribution in [-0.2, 0) is 19.6 Å². The number of aliphatic hydroxyl groups excluding tert-OH is 2. The molecule has 3 aromatic rings. The Balaban J connectivity index is 1.93. The summed E-state index contributed by atoms with van der Waals surface area (Å²) < 4.78 is 10.2. The highest BCUT2D eigenvalue weighted by molar-refractivity contribution is 9.10. The summed E-state index contributed by atoms with van der Waals surface area (Å²) in [4.78, 5) is 30.5. The number of halogens is 1. The average molecular weight is 494 g/mol. The topological polar surface area (TPSA) is 124 Å². The quantitative estimate of drug-likeness (QED) is 0.422. The van der Waals surface area contributed by atoms with Gasteiger partial charge in [0.1, 0.15) is 5.75 Å². The molecule has 166 valence electrons. The lowest BCUT2D eigenvalue weighted by atomic mass is 10.2. The Hall–Kier alpha value is -2.63. The number of methoxy groups -OCH3 is 1. The van der Waals surface area contributed by atoms with E-state index in [1.165, 1.54) is 4.57 Å². The van der Waals surface area contributed by atoms with Crippen molar-refractivity contribution in [3.63, 3.8) is 0 Å². The summed E-state index contributed by atoms with van der Waals surface area (Å²) in [5, 5.41) is 22.4. The molecular weight excluding hydrogens is 470 g/mol. The largest absolute Gasteiger partial charge is 0.496 e. The summed E-state index contributed by atoms with van der Waals surface area (Å²) in [6.45, 7) is 1.98. The van der Waals surface area contributed by atoms with E-state index in [9.17, 15) is 19.8 Å². The molecular formula is C20H24BrN5O5. The summed E-state index contributed by atoms with van der Waals surface area (Å²) in [6, 6.07) is 5.43. The van der Waals surface area contributed by atoms with Gasteiger partial charge in [0, 0.05) is 6.54 Å². The van der Waals surface area contributed by atoms with Gasteiger partial charge in [-0.25, -0.2) is 4.79 Å². The second-order valence-electron chi connectivity index (χ2n) is 7.42. The van der Waals surface area contributed by atoms with E-state index in [0.29, 0.717) is 24.7 Å². The van der Waals surface area contributed by atoms with E-state index in [1.807, 2.05) is 18.2 Å². The molecule has 3 N–H and O–H groups in total. The first kappa shape index (κ1) is 21.6. The second kappa shape index (κ2) is 8.48. The van der Waals surface area contributed by atoms with Crippen molar-refractivity contribution in [3.05, 3.63) is 49.1 Å². The van der Waals surface area contributed by atoms with Crippen molar-refractivity contribution in [1.29, 1.82) is 0 Å². The van der Waals surface area contributed by atoms with Crippen molar-refractivity contribution in [2.24, 2.45) is 0 Å². The maximum absolute atomic E-state index is 13.2. The minimum Gasteiger partial charge on any atom is -0.496 e. The molecule has 1 aliphatic carbocycles. The number of aromatic nitrogens is 4. The van der Waals surface area contributed by atoms with Gasteiger partial charge in [0.2, 0.25) is 5.95 Å². The van der Waals surface area contributed by atoms with Crippen molar-refractivity contribution < 1.29 is 14.9 Å². The number of benzene rings is 1. The molecule has 0 radical (unpaired) electrons. The lowest BCUT2D eigenvalue weighted by molar-refractivity contribution is 0.273. The number of anilines is 1. The molecule has 2 atom stereocenters. The van der Waals surface area contributed by atoms with Crippen LogP contribution in [-0.4, -0.2) is 54.8 Å². The van der Waals surface area contributed by atoms with Crippen molar-refractivity contribution in [2.75, 3.05) is 19.0 Å². The van der Waals surface area contributed by atoms with Crippen LogP contribution in [0.15, 0.2) is 32.3 Å². The molecule has 1 saturated carbocycles. The maximum Gasteiger partial charge on any atom is 0.332 e. The van der Waals surface area contributed by atoms with E-state index in [4.69, 9.17) is 4.74 Å². The normalized spacial score (nSPS) is 17.8. The Kier molecular flexibility index (Phi) is 5.91. The molecule has 2 aromatic heterocycles. The standard InChI is InChI=1S/C20H24BrN5O5/c1-3-24-18(29)16-17(25(6-7-27)20(24)30)23-19(22-13-9-14(13)28)26(16)10-11-4-5-15(31-2)12(21)8-11/h4-5,8,13-14,27-28H,3,6-7,9-10H2,1-2H3,(H,22,23)/t13-,14-/m1/s1. The van der Waals surface area contributed by atoms with Crippen molar-refractivity contribution in [1.82, 2.24) is 18.7 Å². The summed E-state index contributed by atoms with van der Waals surface area (Å²) in [6.07, 6.45) is 0.107. The number of fused-ring (bicyclic) bond motifs is 1. The van der Waals surface area contributed by atoms with Gasteiger partial charge in [0.25, 0.3) is 5.56 Å². The number of hydrogen-bond acceptors (Lipinski definition) is 7. The first-order valence-electron chi connectivity index (χ1n) is 10.0. The molecule has 0 aliphatic heterocycles. The molecule has 1 fully saturated rings. The number of nitrogens with one attached hydrogen (secondary N) is 1. The predicted molar refractivity (Wildman–Crippen MR) is 119 cm³/mol. The van der Waals surface area contributed by atoms with Crippen molar-refractivity contribution in [3.8, 4) is 5.75 Å². The molecule has 1 aliphatic rings. The van der Waals surface area contributed by atoms with Crippen LogP contribution in [0.1, 0.15) is 18.9 Å². The van der Waals surface area contributed by atoms with Crippen LogP contribution in [0.25, 0.3) is 11.2 Å². The third-order valence-corrected chi connectivity index (χ3v) is 6.00. The van der Waals surface area contributed by atoms with E-state index in [0.717, 1.165) is 14.6 Å². The van der Waals surface area contributed by atoms with Gasteiger partial charge >= 0.3 is 5.69 Å². The molecule has 0 saturated heterocycles. The Morgan fingerprint density at radius 2 is 2.03 bits per heavy atom. The van der Waals surface area contributed by atoms with E-state index in [1.54, 1.807) is 18.6 Å². The number of aliphatic hydroxyl groups is 2. The Bertz CT molecular complexity index is 1250. The average Bonchev–Trinajstić information content (AvgIpc) is 3.32. The molecule has 0 spiro atoms. The molecule has 31 heavy (non-hydrogen) atoms. The Morgan fingerprint density at radius 3 is 2.61 bits per heavy atom. The Labute approximate surface area is 185 Å². The molecule has 4 rings (SSSR count). The third kappa shape index (κ3) is 3.88. The molecule has 0 bridgehead atoms. The molecule has 2 heterocycles. The number of nitrogens with zero attached hydrogens (tertiary/aromatic N) is 4. The molecule has 0 amide bonds. The van der Waals surface area contributed by atoms with E-state index in [2.05, 4.69) is 26.2 Å². The van der Waals surface area contributed by atoms with Crippen LogP contribution in [0, 0.1) is 0 Å². The summed E-state index contributed by atoms with van der Waals surface area (Å²) in [7, 11) is 1.58. The fourth-order valence-corrected chi connectivity index (χ4v) is 4.22. The number of rotatable bonds is 8. The second-order valence-corrected chi connectivity index (χ2v) is 8.28. The fraction of sp³-hybridized carbons (Fsp3) is 0.450. The van der Waals surface area contributed by atoms with Gasteiger partial charge in [-0.05, 0) is 47.0 Å². The van der Waals surface area contributed by atoms with Crippen molar-refractivity contribution >= 4 is 33.0 Å². The lowest BCUT2D eigenvalue weighted by Crippen LogP contribution is -2.40. The van der Waals surface area contributed by atoms with Crippen LogP contribution >= 0.6 is 15.9 Å². The van der Waals surface area contributed by atoms with E-state index < -0.39 is 17.4 Å². The van der Waals surface area contributed by atoms with Crippen LogP contribution < -0.4 is 21.3 Å². The molecule has 11 heteroatoms. The van der Waals surface area contributed by atoms with Crippen LogP contribution in [0.3, 0.4) is 0 Å². The molecule has 0 unspecified atom stereocenters. The predicted octanol–water partition coefficient (Wildman–Crippen LogP) is 0.736. The number of imidazole rings is 1. The SMILES string of the molecule is CCn1c(=O)c2c(nc(N[C@@H]3C[C@H]3O)n2Cc2ccc(OC)c(Br)c2)n(CCO)c1=O. The number of ether oxygens (including phenoxy) is 1. The summed E-state index contributed by atoms with van der Waals surface area (Å²) >= 11 is 3.48. The molecule has 10 nitrogen and oxygen atoms in total. The van der Waals surface area contributed by atoms with Crippen molar-refractivity contribution in [2.45, 2.75) is 45.1 Å². The van der Waals surface area contributed by atoms with Crippen LogP contribution in [0.4, 0.5) is 5.95 Å². The summed E-state index contributed by atoms with van der Waals surface area (Å²) in [5.41, 5.74) is 0.400. The highest BCUT2D eigenvalue weighted by Crippen LogP contribution is 2.29. The zero-order chi connectivity index (χ0) is 22.3. The minimum absolute atomic E-state index is 0.0200. The summed E-state index contributed by atoms with van der Waals surface area (Å²) in [5.74, 6) is 1.07. The van der Waals surface area contributed by atoms with Gasteiger partial charge in [-0.2, -0.15) is 4.98 Å². The van der Waals surface area contributed by atoms with Gasteiger partial charge in [-0.1, -0.05) is 6.07 Å². The monoisotopic (exact) mass is 493 g/mol. The van der Waals surface area contributed by atoms with Crippen LogP contribution in [0.2, 0.25) is 0 Å². The van der Waals surface area contributed by atoms with Gasteiger partial charge in [0.05, 0.1) is 43.4 Å². The van der Waals surface area contributed by atoms with E-state index in [-0.39, 0.29) is 36.9 Å². The number of hydrogen-bond donors (Lipinski definition) is 3. The molecule has 1 aromatic carbocycles. The Morgan fingerprint density at radius 1 is 1.29 bits per heavy atom. The first-order chi connectivity index (χ1) is 14.9. The zero-order valence-corrected chi connectivity index (χ0v) is 18.8. The maximum atomic E-state index is 13.2. The first-order valence-corrected chi connectivity index (χ1v) is 10.8. The lowest BCUT2D eigenvalue weighted by Gasteiger charge is -2.13. The highest BCUT2D eigenvalue weighted by atomic mass is 79.9. The third-order valence-electron chi connectivity index (χ3n) is 5.38. The van der Waals surface area contributed by atoms with Gasteiger partial charge in [-0.3, -0.25) is 18.5 Å². The smallest absolute Gasteiger partial charge is 0.332 e. The zero-order valence-electron chi connectivity index (χ0n) is 17.2. The van der Waals surface area contributed by atoms with Gasteiger partial charge in [-0.15, -0.1) is 0 Å². The highest BCUT2D eigenvalue weighted by Gasteiger charge is 2.36. The minimum atomic E-state index is -0.510. The van der Waals surface area contributed by atoms with Gasteiger partial charge in [0.15, 0.2) is 11.2 Å². The van der Waals surface area contributed by atoms with Crippen LogP contribution in [0.5, 0.6) is 5.75 Å². The van der Waals surface area contributed by atoms with Gasteiger partial charge < -0.3 is 20.3 Å².